The van der Waals surface area contributed by atoms with E-state index in [0.717, 1.165) is 22.4 Å². The van der Waals surface area contributed by atoms with Gasteiger partial charge >= 0.3 is 0 Å². The quantitative estimate of drug-likeness (QED) is 0.456. The van der Waals surface area contributed by atoms with Crippen molar-refractivity contribution in [3.63, 3.8) is 0 Å². The highest BCUT2D eigenvalue weighted by molar-refractivity contribution is 7.99. The van der Waals surface area contributed by atoms with Gasteiger partial charge in [-0.15, -0.1) is 0 Å². The second-order valence-corrected chi connectivity index (χ2v) is 7.73. The third-order valence-corrected chi connectivity index (χ3v) is 5.68. The van der Waals surface area contributed by atoms with Crippen LogP contribution >= 0.6 is 35.0 Å². The van der Waals surface area contributed by atoms with Crippen LogP contribution in [-0.4, -0.2) is 36.4 Å². The standard InChI is InChI=1S/C18H14Cl2N6OS/c1-26-15-7-13(20)12(19)6-14(15)24-17(26)10-2-4-11(5-3-10)23-16(27)8-28-18-21-9-22-25-18/h2-7,9H,8H2,1H3,(H,23,27)(H,21,22,25). The smallest absolute Gasteiger partial charge is 0.234 e. The van der Waals surface area contributed by atoms with Crippen molar-refractivity contribution in [3.8, 4) is 11.4 Å². The Morgan fingerprint density at radius 1 is 1.21 bits per heavy atom. The first kappa shape index (κ1) is 18.8. The zero-order valence-electron chi connectivity index (χ0n) is 14.6. The summed E-state index contributed by atoms with van der Waals surface area (Å²) in [6.45, 7) is 0. The number of anilines is 1. The van der Waals surface area contributed by atoms with Crippen LogP contribution in [0.1, 0.15) is 0 Å². The SMILES string of the molecule is Cn1c(-c2ccc(NC(=O)CSc3ncn[nH]3)cc2)nc2cc(Cl)c(Cl)cc21. The highest BCUT2D eigenvalue weighted by Gasteiger charge is 2.12. The monoisotopic (exact) mass is 432 g/mol. The van der Waals surface area contributed by atoms with Gasteiger partial charge < -0.3 is 9.88 Å². The van der Waals surface area contributed by atoms with E-state index in [9.17, 15) is 4.79 Å². The van der Waals surface area contributed by atoms with Crippen LogP contribution < -0.4 is 5.32 Å². The molecule has 0 aliphatic rings. The predicted molar refractivity (Wildman–Crippen MR) is 112 cm³/mol. The van der Waals surface area contributed by atoms with Crippen LogP contribution in [0.2, 0.25) is 10.0 Å². The Bertz CT molecular complexity index is 1140. The molecule has 0 aliphatic carbocycles. The van der Waals surface area contributed by atoms with Crippen molar-refractivity contribution in [2.24, 2.45) is 7.05 Å². The number of imidazole rings is 1. The Morgan fingerprint density at radius 2 is 1.96 bits per heavy atom. The molecule has 0 fully saturated rings. The van der Waals surface area contributed by atoms with E-state index in [1.165, 1.54) is 18.1 Å². The molecule has 0 saturated heterocycles. The van der Waals surface area contributed by atoms with Gasteiger partial charge in [-0.3, -0.25) is 9.89 Å². The fourth-order valence-corrected chi connectivity index (χ4v) is 3.64. The van der Waals surface area contributed by atoms with E-state index in [1.54, 1.807) is 12.1 Å². The van der Waals surface area contributed by atoms with Gasteiger partial charge in [-0.1, -0.05) is 35.0 Å². The number of hydrogen-bond acceptors (Lipinski definition) is 5. The van der Waals surface area contributed by atoms with Crippen molar-refractivity contribution < 1.29 is 4.79 Å². The summed E-state index contributed by atoms with van der Waals surface area (Å²) in [7, 11) is 1.92. The number of aromatic nitrogens is 5. The summed E-state index contributed by atoms with van der Waals surface area (Å²) >= 11 is 13.5. The molecule has 0 spiro atoms. The van der Waals surface area contributed by atoms with Gasteiger partial charge in [-0.05, 0) is 36.4 Å². The Labute approximate surface area is 174 Å². The van der Waals surface area contributed by atoms with E-state index in [0.29, 0.717) is 20.9 Å². The van der Waals surface area contributed by atoms with E-state index >= 15 is 0 Å². The first-order valence-corrected chi connectivity index (χ1v) is 9.95. The second kappa shape index (κ2) is 7.83. The van der Waals surface area contributed by atoms with Gasteiger partial charge in [-0.2, -0.15) is 5.10 Å². The lowest BCUT2D eigenvalue weighted by Crippen LogP contribution is -2.14. The van der Waals surface area contributed by atoms with Gasteiger partial charge in [-0.25, -0.2) is 9.97 Å². The molecule has 2 aromatic heterocycles. The molecule has 0 atom stereocenters. The molecule has 2 heterocycles. The third kappa shape index (κ3) is 3.84. The number of fused-ring (bicyclic) bond motifs is 1. The number of thioether (sulfide) groups is 1. The lowest BCUT2D eigenvalue weighted by molar-refractivity contribution is -0.113. The number of carbonyl (C=O) groups excluding carboxylic acids is 1. The summed E-state index contributed by atoms with van der Waals surface area (Å²) in [4.78, 5) is 20.7. The summed E-state index contributed by atoms with van der Waals surface area (Å²) in [5.41, 5.74) is 3.29. The first-order valence-electron chi connectivity index (χ1n) is 8.21. The van der Waals surface area contributed by atoms with Crippen LogP contribution in [0.4, 0.5) is 5.69 Å². The summed E-state index contributed by atoms with van der Waals surface area (Å²) in [5.74, 6) is 0.900. The highest BCUT2D eigenvalue weighted by atomic mass is 35.5. The lowest BCUT2D eigenvalue weighted by atomic mass is 10.2. The molecule has 7 nitrogen and oxygen atoms in total. The largest absolute Gasteiger partial charge is 0.327 e. The molecule has 0 saturated carbocycles. The molecule has 142 valence electrons. The number of hydrogen-bond donors (Lipinski definition) is 2. The molecule has 1 amide bonds. The summed E-state index contributed by atoms with van der Waals surface area (Å²) < 4.78 is 1.96. The number of nitrogens with one attached hydrogen (secondary N) is 2. The van der Waals surface area contributed by atoms with Crippen LogP contribution in [0, 0.1) is 0 Å². The van der Waals surface area contributed by atoms with Gasteiger partial charge in [0.25, 0.3) is 0 Å². The highest BCUT2D eigenvalue weighted by Crippen LogP contribution is 2.31. The normalized spacial score (nSPS) is 11.1. The van der Waals surface area contributed by atoms with Gasteiger partial charge in [0.2, 0.25) is 5.91 Å². The Kier molecular flexibility index (Phi) is 5.25. The van der Waals surface area contributed by atoms with Crippen LogP contribution in [-0.2, 0) is 11.8 Å². The molecular formula is C18H14Cl2N6OS. The number of nitrogens with zero attached hydrogens (tertiary/aromatic N) is 4. The van der Waals surface area contributed by atoms with E-state index in [4.69, 9.17) is 23.2 Å². The molecule has 10 heteroatoms. The first-order chi connectivity index (χ1) is 13.5. The maximum Gasteiger partial charge on any atom is 0.234 e. The topological polar surface area (TPSA) is 88.5 Å². The van der Waals surface area contributed by atoms with E-state index in [2.05, 4.69) is 25.5 Å². The Morgan fingerprint density at radius 3 is 2.68 bits per heavy atom. The summed E-state index contributed by atoms with van der Waals surface area (Å²) in [6, 6.07) is 11.0. The number of aromatic amines is 1. The molecule has 4 aromatic rings. The fourth-order valence-electron chi connectivity index (χ4n) is 2.74. The number of benzene rings is 2. The molecular weight excluding hydrogens is 419 g/mol. The van der Waals surface area contributed by atoms with Crippen molar-refractivity contribution in [1.82, 2.24) is 24.7 Å². The van der Waals surface area contributed by atoms with E-state index in [1.807, 2.05) is 35.9 Å². The molecule has 0 aliphatic heterocycles. The van der Waals surface area contributed by atoms with Crippen LogP contribution in [0.3, 0.4) is 0 Å². The lowest BCUT2D eigenvalue weighted by Gasteiger charge is -2.06. The number of H-pyrrole nitrogens is 1. The molecule has 0 bridgehead atoms. The zero-order valence-corrected chi connectivity index (χ0v) is 16.9. The minimum atomic E-state index is -0.124. The molecule has 2 N–H and O–H groups in total. The van der Waals surface area contributed by atoms with Crippen molar-refractivity contribution >= 4 is 57.6 Å². The molecule has 2 aromatic carbocycles. The van der Waals surface area contributed by atoms with E-state index < -0.39 is 0 Å². The van der Waals surface area contributed by atoms with Crippen LogP contribution in [0.15, 0.2) is 47.9 Å². The van der Waals surface area contributed by atoms with Gasteiger partial charge in [0.1, 0.15) is 12.2 Å². The van der Waals surface area contributed by atoms with E-state index in [-0.39, 0.29) is 11.7 Å². The van der Waals surface area contributed by atoms with Crippen LogP contribution in [0.25, 0.3) is 22.4 Å². The maximum absolute atomic E-state index is 12.1. The summed E-state index contributed by atoms with van der Waals surface area (Å²) in [5, 5.41) is 10.9. The number of carbonyl (C=O) groups is 1. The van der Waals surface area contributed by atoms with Gasteiger partial charge in [0.15, 0.2) is 5.16 Å². The molecule has 28 heavy (non-hydrogen) atoms. The minimum Gasteiger partial charge on any atom is -0.327 e. The summed E-state index contributed by atoms with van der Waals surface area (Å²) in [6.07, 6.45) is 1.40. The predicted octanol–water partition coefficient (Wildman–Crippen LogP) is 4.40. The Balaban J connectivity index is 1.49. The van der Waals surface area contributed by atoms with Crippen molar-refractivity contribution in [1.29, 1.82) is 0 Å². The van der Waals surface area contributed by atoms with Gasteiger partial charge in [0, 0.05) is 18.3 Å². The van der Waals surface area contributed by atoms with Crippen molar-refractivity contribution in [2.75, 3.05) is 11.1 Å². The fraction of sp³-hybridized carbons (Fsp3) is 0.111. The third-order valence-electron chi connectivity index (χ3n) is 4.08. The van der Waals surface area contributed by atoms with Crippen molar-refractivity contribution in [3.05, 3.63) is 52.8 Å². The molecule has 0 radical (unpaired) electrons. The maximum atomic E-state index is 12.1. The minimum absolute atomic E-state index is 0.124. The number of halogens is 2. The number of amides is 1. The second-order valence-electron chi connectivity index (χ2n) is 5.95. The van der Waals surface area contributed by atoms with Crippen molar-refractivity contribution in [2.45, 2.75) is 5.16 Å². The zero-order chi connectivity index (χ0) is 19.7. The average Bonchev–Trinajstić information content (AvgIpc) is 3.30. The number of rotatable bonds is 5. The van der Waals surface area contributed by atoms with Gasteiger partial charge in [0.05, 0.1) is 26.8 Å². The molecule has 4 rings (SSSR count). The molecule has 0 unspecified atom stereocenters. The van der Waals surface area contributed by atoms with Crippen LogP contribution in [0.5, 0.6) is 0 Å². The average molecular weight is 433 g/mol. The number of aryl methyl sites for hydroxylation is 1. The Hall–Kier alpha value is -2.55.